The quantitative estimate of drug-likeness (QED) is 0.808. The number of benzene rings is 1. The van der Waals surface area contributed by atoms with Crippen molar-refractivity contribution in [2.24, 2.45) is 5.92 Å². The predicted molar refractivity (Wildman–Crippen MR) is 100 cm³/mol. The van der Waals surface area contributed by atoms with Gasteiger partial charge in [0.1, 0.15) is 6.54 Å². The number of carbonyl (C=O) groups is 3. The van der Waals surface area contributed by atoms with Crippen molar-refractivity contribution in [1.82, 2.24) is 0 Å². The van der Waals surface area contributed by atoms with Crippen molar-refractivity contribution in [3.8, 4) is 0 Å². The summed E-state index contributed by atoms with van der Waals surface area (Å²) in [5, 5.41) is 9.69. The molecule has 25 heavy (non-hydrogen) atoms. The van der Waals surface area contributed by atoms with Crippen LogP contribution in [0.25, 0.3) is 0 Å². The normalized spacial score (nSPS) is 14.5. The molecule has 0 bridgehead atoms. The number of carbonyl (C=O) groups excluding carboxylic acids is 2. The lowest BCUT2D eigenvalue weighted by molar-refractivity contribution is -0.136. The van der Waals surface area contributed by atoms with Gasteiger partial charge in [0.25, 0.3) is 0 Å². The Morgan fingerprint density at radius 1 is 1.24 bits per heavy atom. The molecule has 0 aromatic heterocycles. The average Bonchev–Trinajstić information content (AvgIpc) is 3.09. The van der Waals surface area contributed by atoms with Crippen molar-refractivity contribution in [3.05, 3.63) is 28.3 Å². The van der Waals surface area contributed by atoms with Gasteiger partial charge in [-0.15, -0.1) is 0 Å². The van der Waals surface area contributed by atoms with E-state index in [0.717, 1.165) is 43.0 Å². The van der Waals surface area contributed by atoms with E-state index < -0.39 is 18.4 Å². The Bertz CT molecular complexity index is 686. The van der Waals surface area contributed by atoms with E-state index >= 15 is 0 Å². The predicted octanol–water partition coefficient (Wildman–Crippen LogP) is 3.82. The van der Waals surface area contributed by atoms with Crippen molar-refractivity contribution in [2.45, 2.75) is 39.5 Å². The van der Waals surface area contributed by atoms with Crippen molar-refractivity contribution < 1.29 is 19.5 Å². The second kappa shape index (κ2) is 8.72. The number of nitrogens with zero attached hydrogens (tertiary/aromatic N) is 1. The zero-order chi connectivity index (χ0) is 18.6. The average molecular weight is 384 g/mol. The fourth-order valence-corrected chi connectivity index (χ4v) is 4.19. The Balaban J connectivity index is 2.16. The summed E-state index contributed by atoms with van der Waals surface area (Å²) in [4.78, 5) is 37.3. The third-order valence-electron chi connectivity index (χ3n) is 4.46. The summed E-state index contributed by atoms with van der Waals surface area (Å²) in [5.74, 6) is -1.54. The number of rotatable bonds is 6. The monoisotopic (exact) mass is 383 g/mol. The first-order valence-electron chi connectivity index (χ1n) is 8.25. The highest BCUT2D eigenvalue weighted by atomic mass is 35.5. The van der Waals surface area contributed by atoms with Crippen LogP contribution in [0, 0.1) is 19.8 Å². The first-order chi connectivity index (χ1) is 11.8. The second-order valence-corrected chi connectivity index (χ2v) is 7.69. The standard InChI is InChI=1S/C18H22ClNO4S/c1-11-7-8-14(19)12(2)17(11)20(9-16(22)23)15(21)10-25-18(24)13-5-3-4-6-13/h7-8,13H,3-6,9-10H2,1-2H3,(H,22,23). The van der Waals surface area contributed by atoms with E-state index in [2.05, 4.69) is 0 Å². The fraction of sp³-hybridized carbons (Fsp3) is 0.500. The van der Waals surface area contributed by atoms with Crippen LogP contribution in [0.15, 0.2) is 12.1 Å². The third kappa shape index (κ3) is 4.98. The molecule has 0 unspecified atom stereocenters. The van der Waals surface area contributed by atoms with Crippen LogP contribution in [0.2, 0.25) is 5.02 Å². The SMILES string of the molecule is Cc1ccc(Cl)c(C)c1N(CC(=O)O)C(=O)CSC(=O)C1CCCC1. The van der Waals surface area contributed by atoms with Crippen LogP contribution in [-0.2, 0) is 14.4 Å². The summed E-state index contributed by atoms with van der Waals surface area (Å²) >= 11 is 7.13. The Morgan fingerprint density at radius 3 is 2.48 bits per heavy atom. The van der Waals surface area contributed by atoms with Crippen LogP contribution < -0.4 is 4.90 Å². The molecule has 0 atom stereocenters. The van der Waals surface area contributed by atoms with E-state index in [1.165, 1.54) is 4.90 Å². The highest BCUT2D eigenvalue weighted by molar-refractivity contribution is 8.14. The minimum atomic E-state index is -1.11. The number of hydrogen-bond acceptors (Lipinski definition) is 4. The Labute approximate surface area is 156 Å². The van der Waals surface area contributed by atoms with Gasteiger partial charge in [0.2, 0.25) is 5.91 Å². The number of hydrogen-bond donors (Lipinski definition) is 1. The fourth-order valence-electron chi connectivity index (χ4n) is 3.14. The van der Waals surface area contributed by atoms with Gasteiger partial charge in [-0.1, -0.05) is 42.3 Å². The number of carboxylic acid groups (broad SMARTS) is 1. The van der Waals surface area contributed by atoms with Gasteiger partial charge in [-0.3, -0.25) is 19.3 Å². The van der Waals surface area contributed by atoms with Gasteiger partial charge in [-0.05, 0) is 43.9 Å². The zero-order valence-corrected chi connectivity index (χ0v) is 16.0. The summed E-state index contributed by atoms with van der Waals surface area (Å²) in [6.45, 7) is 3.10. The van der Waals surface area contributed by atoms with Gasteiger partial charge >= 0.3 is 5.97 Å². The molecule has 1 fully saturated rings. The minimum absolute atomic E-state index is 0.0281. The van der Waals surface area contributed by atoms with Crippen molar-refractivity contribution in [2.75, 3.05) is 17.2 Å². The Hall–Kier alpha value is -1.53. The molecule has 1 amide bonds. The summed E-state index contributed by atoms with van der Waals surface area (Å²) in [6.07, 6.45) is 3.87. The molecule has 0 spiro atoms. The molecule has 5 nitrogen and oxygen atoms in total. The number of amides is 1. The highest BCUT2D eigenvalue weighted by Gasteiger charge is 2.27. The number of aryl methyl sites for hydroxylation is 1. The van der Waals surface area contributed by atoms with E-state index in [0.29, 0.717) is 16.3 Å². The number of carboxylic acids is 1. The maximum Gasteiger partial charge on any atom is 0.323 e. The molecule has 0 saturated heterocycles. The molecule has 1 aliphatic rings. The highest BCUT2D eigenvalue weighted by Crippen LogP contribution is 2.32. The van der Waals surface area contributed by atoms with Crippen LogP contribution in [0.5, 0.6) is 0 Å². The van der Waals surface area contributed by atoms with Crippen LogP contribution in [0.3, 0.4) is 0 Å². The second-order valence-electron chi connectivity index (χ2n) is 6.30. The molecule has 0 aliphatic heterocycles. The van der Waals surface area contributed by atoms with Crippen molar-refractivity contribution >= 4 is 46.0 Å². The van der Waals surface area contributed by atoms with Gasteiger partial charge in [0.15, 0.2) is 5.12 Å². The maximum absolute atomic E-state index is 12.7. The third-order valence-corrected chi connectivity index (χ3v) is 5.88. The van der Waals surface area contributed by atoms with Gasteiger partial charge in [0, 0.05) is 10.9 Å². The lowest BCUT2D eigenvalue weighted by Crippen LogP contribution is -2.38. The van der Waals surface area contributed by atoms with Crippen LogP contribution in [-0.4, -0.2) is 34.4 Å². The molecule has 0 radical (unpaired) electrons. The number of anilines is 1. The molecule has 136 valence electrons. The summed E-state index contributed by atoms with van der Waals surface area (Å²) in [7, 11) is 0. The summed E-state index contributed by atoms with van der Waals surface area (Å²) in [6, 6.07) is 3.47. The summed E-state index contributed by atoms with van der Waals surface area (Å²) in [5.41, 5.74) is 1.93. The van der Waals surface area contributed by atoms with Crippen molar-refractivity contribution in [3.63, 3.8) is 0 Å². The minimum Gasteiger partial charge on any atom is -0.480 e. The first-order valence-corrected chi connectivity index (χ1v) is 9.62. The van der Waals surface area contributed by atoms with E-state index in [9.17, 15) is 19.5 Å². The van der Waals surface area contributed by atoms with Crippen molar-refractivity contribution in [1.29, 1.82) is 0 Å². The maximum atomic E-state index is 12.7. The molecule has 0 heterocycles. The van der Waals surface area contributed by atoms with Gasteiger partial charge in [0.05, 0.1) is 11.4 Å². The van der Waals surface area contributed by atoms with E-state index in [1.807, 2.05) is 0 Å². The van der Waals surface area contributed by atoms with Gasteiger partial charge < -0.3 is 5.11 Å². The Morgan fingerprint density at radius 2 is 1.88 bits per heavy atom. The van der Waals surface area contributed by atoms with E-state index in [-0.39, 0.29) is 16.8 Å². The topological polar surface area (TPSA) is 74.7 Å². The molecule has 1 N–H and O–H groups in total. The molecule has 1 aromatic rings. The van der Waals surface area contributed by atoms with Crippen LogP contribution in [0.1, 0.15) is 36.8 Å². The molecule has 1 aliphatic carbocycles. The van der Waals surface area contributed by atoms with Crippen LogP contribution >= 0.6 is 23.4 Å². The molecular formula is C18H22ClNO4S. The molecule has 7 heteroatoms. The van der Waals surface area contributed by atoms with Gasteiger partial charge in [-0.2, -0.15) is 0 Å². The first kappa shape index (κ1) is 19.8. The number of aliphatic carboxylic acids is 1. The molecular weight excluding hydrogens is 362 g/mol. The lowest BCUT2D eigenvalue weighted by atomic mass is 10.1. The Kier molecular flexibility index (Phi) is 6.90. The smallest absolute Gasteiger partial charge is 0.323 e. The largest absolute Gasteiger partial charge is 0.480 e. The number of thioether (sulfide) groups is 1. The summed E-state index contributed by atoms with van der Waals surface area (Å²) < 4.78 is 0. The molecule has 2 rings (SSSR count). The van der Waals surface area contributed by atoms with E-state index in [1.54, 1.807) is 26.0 Å². The lowest BCUT2D eigenvalue weighted by Gasteiger charge is -2.25. The molecule has 1 saturated carbocycles. The number of halogens is 1. The zero-order valence-electron chi connectivity index (χ0n) is 14.4. The molecule has 1 aromatic carbocycles. The van der Waals surface area contributed by atoms with E-state index in [4.69, 9.17) is 11.6 Å². The van der Waals surface area contributed by atoms with Crippen LogP contribution in [0.4, 0.5) is 5.69 Å². The van der Waals surface area contributed by atoms with Gasteiger partial charge in [-0.25, -0.2) is 0 Å².